The molecule has 472 valence electrons. The predicted molar refractivity (Wildman–Crippen MR) is 309 cm³/mol. The van der Waals surface area contributed by atoms with Gasteiger partial charge in [-0.05, 0) is 51.4 Å². The van der Waals surface area contributed by atoms with E-state index in [0.717, 1.165) is 83.5 Å². The number of amides is 1. The number of nitrogens with one attached hydrogen (secondary N) is 1. The normalized spacial score (nSPS) is 30.1. The number of allylic oxidation sites excluding steroid dienone is 8. The minimum atomic E-state index is -1.97. The maximum atomic E-state index is 13.3. The Labute approximate surface area is 484 Å². The second-order valence-corrected chi connectivity index (χ2v) is 22.5. The Morgan fingerprint density at radius 1 is 0.457 bits per heavy atom. The third kappa shape index (κ3) is 28.7. The molecule has 17 atom stereocenters. The molecule has 81 heavy (non-hydrogen) atoms. The Morgan fingerprint density at radius 3 is 1.33 bits per heavy atom. The highest BCUT2D eigenvalue weighted by Gasteiger charge is 2.53. The largest absolute Gasteiger partial charge is 0.394 e. The fraction of sp³-hybridized carbons (Fsp3) is 0.855. The highest BCUT2D eigenvalue weighted by molar-refractivity contribution is 5.76. The Kier molecular flexibility index (Phi) is 40.7. The molecule has 12 N–H and O–H groups in total. The van der Waals surface area contributed by atoms with Gasteiger partial charge in [0.25, 0.3) is 0 Å². The fourth-order valence-electron chi connectivity index (χ4n) is 10.5. The lowest BCUT2D eigenvalue weighted by Gasteiger charge is -2.48. The molecule has 0 saturated carbocycles. The van der Waals surface area contributed by atoms with E-state index in [0.29, 0.717) is 12.8 Å². The van der Waals surface area contributed by atoms with Crippen LogP contribution in [0.25, 0.3) is 0 Å². The molecular weight excluding hydrogens is 1050 g/mol. The second kappa shape index (κ2) is 45.1. The van der Waals surface area contributed by atoms with Crippen molar-refractivity contribution in [2.45, 2.75) is 311 Å². The third-order valence-corrected chi connectivity index (χ3v) is 15.7. The highest BCUT2D eigenvalue weighted by atomic mass is 16.8. The van der Waals surface area contributed by atoms with Gasteiger partial charge in [0, 0.05) is 6.42 Å². The number of rotatable bonds is 46. The zero-order valence-electron chi connectivity index (χ0n) is 49.3. The van der Waals surface area contributed by atoms with Gasteiger partial charge < -0.3 is 89.9 Å². The quantitative estimate of drug-likeness (QED) is 0.0236. The van der Waals surface area contributed by atoms with Crippen LogP contribution in [0.5, 0.6) is 0 Å². The molecule has 3 saturated heterocycles. The molecule has 0 spiro atoms. The van der Waals surface area contributed by atoms with Gasteiger partial charge in [-0.15, -0.1) is 0 Å². The first-order valence-corrected chi connectivity index (χ1v) is 31.4. The van der Waals surface area contributed by atoms with Crippen molar-refractivity contribution in [2.75, 3.05) is 26.4 Å². The number of ether oxygens (including phenoxy) is 6. The van der Waals surface area contributed by atoms with E-state index in [1.54, 1.807) is 0 Å². The SMILES string of the molecule is CC/C=C\C/C=C\C/C=C\C/C=C\CCCCCCCCCCCCCCCCCCC(=O)NC(COC1OC(CO)C(OC2OC(CO)C(OC3OC(CO)C(O)C(O)C3O)C(O)C2O)C(O)C1O)C(O)CCCCCCCCC. The second-order valence-electron chi connectivity index (χ2n) is 22.5. The van der Waals surface area contributed by atoms with Crippen molar-refractivity contribution in [1.29, 1.82) is 0 Å². The number of hydrogen-bond acceptors (Lipinski definition) is 18. The van der Waals surface area contributed by atoms with Crippen LogP contribution in [0.4, 0.5) is 0 Å². The van der Waals surface area contributed by atoms with Gasteiger partial charge in [-0.3, -0.25) is 4.79 Å². The van der Waals surface area contributed by atoms with Crippen LogP contribution < -0.4 is 5.32 Å². The maximum absolute atomic E-state index is 13.3. The molecule has 3 rings (SSSR count). The summed E-state index contributed by atoms with van der Waals surface area (Å²) < 4.78 is 34.2. The summed E-state index contributed by atoms with van der Waals surface area (Å²) >= 11 is 0. The standard InChI is InChI=1S/C62H111NO18/c1-3-5-7-9-11-12-13-14-15-16-17-18-19-20-21-22-23-24-25-26-27-28-29-30-31-32-34-36-38-40-50(68)63-45(46(67)39-37-35-33-10-8-6-4-2)44-76-60-56(74)53(71)58(48(42-65)78-60)81-62-57(75)54(72)59(49(43-66)79-62)80-61-55(73)52(70)51(69)47(41-64)77-61/h5,7,11-12,14-15,17-18,45-49,51-62,64-67,69-75H,3-4,6,8-10,13,16,19-44H2,1-2H3,(H,63,68)/b7-5-,12-11-,15-14-,18-17-. The van der Waals surface area contributed by atoms with Crippen LogP contribution >= 0.6 is 0 Å². The molecule has 1 amide bonds. The summed E-state index contributed by atoms with van der Waals surface area (Å²) in [5.41, 5.74) is 0. The number of hydrogen-bond donors (Lipinski definition) is 12. The first-order chi connectivity index (χ1) is 39.3. The van der Waals surface area contributed by atoms with Crippen LogP contribution in [0.3, 0.4) is 0 Å². The minimum absolute atomic E-state index is 0.248. The van der Waals surface area contributed by atoms with Crippen molar-refractivity contribution in [2.24, 2.45) is 0 Å². The Morgan fingerprint density at radius 2 is 0.852 bits per heavy atom. The average Bonchev–Trinajstić information content (AvgIpc) is 3.48. The molecule has 3 aliphatic heterocycles. The average molecular weight is 1160 g/mol. The smallest absolute Gasteiger partial charge is 0.220 e. The van der Waals surface area contributed by atoms with E-state index in [1.165, 1.54) is 89.9 Å². The molecule has 19 nitrogen and oxygen atoms in total. The molecule has 0 radical (unpaired) electrons. The Bertz CT molecular complexity index is 1670. The lowest BCUT2D eigenvalue weighted by Crippen LogP contribution is -2.66. The fourth-order valence-corrected chi connectivity index (χ4v) is 10.5. The van der Waals surface area contributed by atoms with Gasteiger partial charge in [-0.25, -0.2) is 0 Å². The van der Waals surface area contributed by atoms with Gasteiger partial charge in [0.05, 0.1) is 38.6 Å². The van der Waals surface area contributed by atoms with Crippen molar-refractivity contribution in [3.05, 3.63) is 48.6 Å². The van der Waals surface area contributed by atoms with Crippen LogP contribution in [-0.4, -0.2) is 193 Å². The molecule has 19 heteroatoms. The van der Waals surface area contributed by atoms with Gasteiger partial charge >= 0.3 is 0 Å². The zero-order valence-corrected chi connectivity index (χ0v) is 49.3. The molecule has 3 heterocycles. The monoisotopic (exact) mass is 1160 g/mol. The van der Waals surface area contributed by atoms with Crippen LogP contribution in [0, 0.1) is 0 Å². The van der Waals surface area contributed by atoms with E-state index in [1.807, 2.05) is 0 Å². The molecule has 0 aliphatic carbocycles. The van der Waals surface area contributed by atoms with Gasteiger partial charge in [-0.1, -0.05) is 197 Å². The van der Waals surface area contributed by atoms with E-state index in [2.05, 4.69) is 67.8 Å². The number of carbonyl (C=O) groups is 1. The summed E-state index contributed by atoms with van der Waals surface area (Å²) in [6.45, 7) is 1.61. The molecule has 0 aromatic rings. The molecular formula is C62H111NO18. The summed E-state index contributed by atoms with van der Waals surface area (Å²) in [4.78, 5) is 13.3. The summed E-state index contributed by atoms with van der Waals surface area (Å²) in [5.74, 6) is -0.248. The summed E-state index contributed by atoms with van der Waals surface area (Å²) in [6.07, 6.45) is 24.0. The summed E-state index contributed by atoms with van der Waals surface area (Å²) in [6, 6.07) is -0.884. The van der Waals surface area contributed by atoms with E-state index in [-0.39, 0.29) is 18.9 Å². The maximum Gasteiger partial charge on any atom is 0.220 e. The van der Waals surface area contributed by atoms with E-state index < -0.39 is 124 Å². The molecule has 0 aromatic heterocycles. The van der Waals surface area contributed by atoms with Gasteiger partial charge in [-0.2, -0.15) is 0 Å². The van der Waals surface area contributed by atoms with Crippen LogP contribution in [0.15, 0.2) is 48.6 Å². The molecule has 17 unspecified atom stereocenters. The topological polar surface area (TPSA) is 307 Å². The number of aliphatic hydroxyl groups is 11. The lowest BCUT2D eigenvalue weighted by atomic mass is 9.96. The Balaban J connectivity index is 1.35. The first kappa shape index (κ1) is 73.0. The van der Waals surface area contributed by atoms with Gasteiger partial charge in [0.1, 0.15) is 73.2 Å². The van der Waals surface area contributed by atoms with Crippen LogP contribution in [0.2, 0.25) is 0 Å². The van der Waals surface area contributed by atoms with Crippen molar-refractivity contribution in [3.8, 4) is 0 Å². The van der Waals surface area contributed by atoms with Crippen molar-refractivity contribution >= 4 is 5.91 Å². The number of aliphatic hydroxyl groups excluding tert-OH is 11. The lowest BCUT2D eigenvalue weighted by molar-refractivity contribution is -0.379. The molecule has 3 fully saturated rings. The molecule has 3 aliphatic rings. The minimum Gasteiger partial charge on any atom is -0.394 e. The molecule has 0 bridgehead atoms. The van der Waals surface area contributed by atoms with Gasteiger partial charge in [0.2, 0.25) is 5.91 Å². The van der Waals surface area contributed by atoms with Crippen LogP contribution in [-0.2, 0) is 33.2 Å². The number of carbonyl (C=O) groups excluding carboxylic acids is 1. The first-order valence-electron chi connectivity index (χ1n) is 31.4. The number of unbranched alkanes of at least 4 members (excludes halogenated alkanes) is 22. The highest BCUT2D eigenvalue weighted by Crippen LogP contribution is 2.33. The van der Waals surface area contributed by atoms with Crippen molar-refractivity contribution in [1.82, 2.24) is 5.32 Å². The van der Waals surface area contributed by atoms with E-state index in [4.69, 9.17) is 28.4 Å². The summed E-state index contributed by atoms with van der Waals surface area (Å²) in [7, 11) is 0. The third-order valence-electron chi connectivity index (χ3n) is 15.7. The predicted octanol–water partition coefficient (Wildman–Crippen LogP) is 6.26. The van der Waals surface area contributed by atoms with Gasteiger partial charge in [0.15, 0.2) is 18.9 Å². The Hall–Kier alpha value is -2.25. The van der Waals surface area contributed by atoms with Crippen molar-refractivity contribution < 1.29 is 89.4 Å². The van der Waals surface area contributed by atoms with E-state index in [9.17, 15) is 61.0 Å². The zero-order chi connectivity index (χ0) is 59.0. The summed E-state index contributed by atoms with van der Waals surface area (Å²) in [5, 5.41) is 120. The van der Waals surface area contributed by atoms with Crippen molar-refractivity contribution in [3.63, 3.8) is 0 Å². The van der Waals surface area contributed by atoms with E-state index >= 15 is 0 Å². The van der Waals surface area contributed by atoms with Crippen LogP contribution in [0.1, 0.15) is 206 Å². The molecule has 0 aromatic carbocycles.